The van der Waals surface area contributed by atoms with E-state index in [-0.39, 0.29) is 30.8 Å². The quantitative estimate of drug-likeness (QED) is 0.434. The summed E-state index contributed by atoms with van der Waals surface area (Å²) in [7, 11) is -3.61. The molecule has 0 spiro atoms. The summed E-state index contributed by atoms with van der Waals surface area (Å²) in [5.74, 6) is 0.727. The number of carbonyl (C=O) groups is 2. The number of amides is 2. The van der Waals surface area contributed by atoms with Crippen molar-refractivity contribution in [3.8, 4) is 11.5 Å². The summed E-state index contributed by atoms with van der Waals surface area (Å²) in [4.78, 5) is 28.4. The van der Waals surface area contributed by atoms with Crippen LogP contribution < -0.4 is 19.1 Å². The first kappa shape index (κ1) is 29.7. The molecule has 0 saturated heterocycles. The first-order valence-electron chi connectivity index (χ1n) is 14.1. The van der Waals surface area contributed by atoms with E-state index in [1.54, 1.807) is 30.0 Å². The van der Waals surface area contributed by atoms with Crippen LogP contribution in [0.4, 0.5) is 5.69 Å². The molecule has 0 bridgehead atoms. The Bertz CT molecular complexity index is 1270. The number of anilines is 1. The molecule has 40 heavy (non-hydrogen) atoms. The second-order valence-corrected chi connectivity index (χ2v) is 12.7. The van der Waals surface area contributed by atoms with Crippen molar-refractivity contribution in [1.82, 2.24) is 10.2 Å². The molecule has 2 aliphatic rings. The van der Waals surface area contributed by atoms with Gasteiger partial charge in [-0.15, -0.1) is 0 Å². The van der Waals surface area contributed by atoms with Crippen LogP contribution in [0.1, 0.15) is 63.0 Å². The SMILES string of the molecule is Cc1ccc(CN(C(=O)CCCN(c2ccc3c(c2)OCCO3)S(C)(=O)=O)C(C)C(=O)NC2CCCCC2)cc1. The van der Waals surface area contributed by atoms with Gasteiger partial charge in [0, 0.05) is 31.6 Å². The van der Waals surface area contributed by atoms with E-state index in [2.05, 4.69) is 5.32 Å². The summed E-state index contributed by atoms with van der Waals surface area (Å²) in [6, 6.07) is 12.4. The number of ether oxygens (including phenoxy) is 2. The zero-order valence-corrected chi connectivity index (χ0v) is 24.5. The fourth-order valence-electron chi connectivity index (χ4n) is 5.23. The fraction of sp³-hybridized carbons (Fsp3) is 0.533. The van der Waals surface area contributed by atoms with Crippen molar-refractivity contribution in [1.29, 1.82) is 0 Å². The molecule has 218 valence electrons. The Morgan fingerprint density at radius 2 is 1.68 bits per heavy atom. The van der Waals surface area contributed by atoms with Gasteiger partial charge in [-0.1, -0.05) is 49.1 Å². The molecule has 1 saturated carbocycles. The standard InChI is InChI=1S/C30H41N3O6S/c1-22-11-13-24(14-12-22)21-32(23(2)30(35)31-25-8-5-4-6-9-25)29(34)10-7-17-33(40(3,36)37)26-15-16-27-28(20-26)39-19-18-38-27/h11-16,20,23,25H,4-10,17-19,21H2,1-3H3,(H,31,35). The highest BCUT2D eigenvalue weighted by atomic mass is 32.2. The second-order valence-electron chi connectivity index (χ2n) is 10.8. The van der Waals surface area contributed by atoms with Crippen LogP contribution in [0, 0.1) is 6.92 Å². The number of aryl methyl sites for hydroxylation is 1. The average molecular weight is 572 g/mol. The molecule has 1 fully saturated rings. The highest BCUT2D eigenvalue weighted by Gasteiger charge is 2.28. The zero-order valence-electron chi connectivity index (χ0n) is 23.7. The predicted molar refractivity (Wildman–Crippen MR) is 155 cm³/mol. The van der Waals surface area contributed by atoms with E-state index in [9.17, 15) is 18.0 Å². The van der Waals surface area contributed by atoms with E-state index in [0.717, 1.165) is 43.1 Å². The number of nitrogens with zero attached hydrogens (tertiary/aromatic N) is 2. The molecule has 1 unspecified atom stereocenters. The minimum absolute atomic E-state index is 0.101. The lowest BCUT2D eigenvalue weighted by molar-refractivity contribution is -0.141. The highest BCUT2D eigenvalue weighted by Crippen LogP contribution is 2.34. The smallest absolute Gasteiger partial charge is 0.242 e. The normalized spacial score (nSPS) is 16.2. The monoisotopic (exact) mass is 571 g/mol. The van der Waals surface area contributed by atoms with Gasteiger partial charge in [-0.2, -0.15) is 0 Å². The number of nitrogens with one attached hydrogen (secondary N) is 1. The van der Waals surface area contributed by atoms with Crippen LogP contribution in [0.2, 0.25) is 0 Å². The summed E-state index contributed by atoms with van der Waals surface area (Å²) in [6.45, 7) is 5.03. The molecule has 1 aliphatic carbocycles. The van der Waals surface area contributed by atoms with Gasteiger partial charge in [0.15, 0.2) is 11.5 Å². The van der Waals surface area contributed by atoms with Gasteiger partial charge in [0.1, 0.15) is 19.3 Å². The maximum absolute atomic E-state index is 13.6. The van der Waals surface area contributed by atoms with Crippen molar-refractivity contribution in [2.45, 2.75) is 77.4 Å². The number of fused-ring (bicyclic) bond motifs is 1. The molecule has 10 heteroatoms. The van der Waals surface area contributed by atoms with Gasteiger partial charge in [-0.05, 0) is 50.8 Å². The van der Waals surface area contributed by atoms with E-state index >= 15 is 0 Å². The molecule has 2 aromatic rings. The van der Waals surface area contributed by atoms with E-state index < -0.39 is 16.1 Å². The summed E-state index contributed by atoms with van der Waals surface area (Å²) in [6.07, 6.45) is 6.86. The largest absolute Gasteiger partial charge is 0.486 e. The average Bonchev–Trinajstić information content (AvgIpc) is 2.94. The van der Waals surface area contributed by atoms with E-state index in [0.29, 0.717) is 43.4 Å². The molecule has 4 rings (SSSR count). The Balaban J connectivity index is 1.45. The van der Waals surface area contributed by atoms with Crippen molar-refractivity contribution in [3.05, 3.63) is 53.6 Å². The molecule has 2 aromatic carbocycles. The van der Waals surface area contributed by atoms with Crippen LogP contribution in [0.25, 0.3) is 0 Å². The Morgan fingerprint density at radius 1 is 1.00 bits per heavy atom. The first-order chi connectivity index (χ1) is 19.1. The van der Waals surface area contributed by atoms with Gasteiger partial charge in [0.25, 0.3) is 0 Å². The summed E-state index contributed by atoms with van der Waals surface area (Å²) in [5.41, 5.74) is 2.51. The number of hydrogen-bond acceptors (Lipinski definition) is 6. The summed E-state index contributed by atoms with van der Waals surface area (Å²) >= 11 is 0. The summed E-state index contributed by atoms with van der Waals surface area (Å²) < 4.78 is 37.8. The maximum atomic E-state index is 13.6. The number of sulfonamides is 1. The Hall–Kier alpha value is -3.27. The Labute approximate surface area is 237 Å². The van der Waals surface area contributed by atoms with Crippen LogP contribution in [0.5, 0.6) is 11.5 Å². The molecule has 9 nitrogen and oxygen atoms in total. The third kappa shape index (κ3) is 7.90. The minimum Gasteiger partial charge on any atom is -0.486 e. The van der Waals surface area contributed by atoms with Gasteiger partial charge < -0.3 is 19.7 Å². The first-order valence-corrected chi connectivity index (χ1v) is 16.0. The lowest BCUT2D eigenvalue weighted by atomic mass is 9.95. The molecule has 1 aliphatic heterocycles. The molecular weight excluding hydrogens is 530 g/mol. The fourth-order valence-corrected chi connectivity index (χ4v) is 6.19. The van der Waals surface area contributed by atoms with Gasteiger partial charge >= 0.3 is 0 Å². The number of hydrogen-bond donors (Lipinski definition) is 1. The van der Waals surface area contributed by atoms with Gasteiger partial charge in [0.2, 0.25) is 21.8 Å². The zero-order chi connectivity index (χ0) is 28.7. The predicted octanol–water partition coefficient (Wildman–Crippen LogP) is 4.18. The lowest BCUT2D eigenvalue weighted by Gasteiger charge is -2.31. The third-order valence-corrected chi connectivity index (χ3v) is 8.75. The second kappa shape index (κ2) is 13.4. The van der Waals surface area contributed by atoms with Crippen LogP contribution in [0.3, 0.4) is 0 Å². The number of carbonyl (C=O) groups excluding carboxylic acids is 2. The van der Waals surface area contributed by atoms with E-state index in [4.69, 9.17) is 9.47 Å². The molecule has 0 aromatic heterocycles. The third-order valence-electron chi connectivity index (χ3n) is 7.56. The number of benzene rings is 2. The van der Waals surface area contributed by atoms with Crippen LogP contribution >= 0.6 is 0 Å². The molecule has 2 amide bonds. The molecule has 0 radical (unpaired) electrons. The maximum Gasteiger partial charge on any atom is 0.242 e. The lowest BCUT2D eigenvalue weighted by Crippen LogP contribution is -2.50. The van der Waals surface area contributed by atoms with E-state index in [1.165, 1.54) is 10.7 Å². The Kier molecular flexibility index (Phi) is 9.95. The van der Waals surface area contributed by atoms with Crippen molar-refractivity contribution in [2.24, 2.45) is 0 Å². The van der Waals surface area contributed by atoms with Crippen LogP contribution in [0.15, 0.2) is 42.5 Å². The molecule has 1 N–H and O–H groups in total. The van der Waals surface area contributed by atoms with Crippen molar-refractivity contribution >= 4 is 27.5 Å². The topological polar surface area (TPSA) is 105 Å². The highest BCUT2D eigenvalue weighted by molar-refractivity contribution is 7.92. The molecule has 1 heterocycles. The molecular formula is C30H41N3O6S. The molecule has 1 atom stereocenters. The minimum atomic E-state index is -3.61. The van der Waals surface area contributed by atoms with Crippen molar-refractivity contribution < 1.29 is 27.5 Å². The van der Waals surface area contributed by atoms with Crippen molar-refractivity contribution in [2.75, 3.05) is 30.3 Å². The Morgan fingerprint density at radius 3 is 2.35 bits per heavy atom. The van der Waals surface area contributed by atoms with Gasteiger partial charge in [0.05, 0.1) is 11.9 Å². The number of rotatable bonds is 11. The summed E-state index contributed by atoms with van der Waals surface area (Å²) in [5, 5.41) is 3.15. The van der Waals surface area contributed by atoms with E-state index in [1.807, 2.05) is 31.2 Å². The van der Waals surface area contributed by atoms with Gasteiger partial charge in [-0.3, -0.25) is 13.9 Å². The van der Waals surface area contributed by atoms with Gasteiger partial charge in [-0.25, -0.2) is 8.42 Å². The van der Waals surface area contributed by atoms with Crippen LogP contribution in [-0.4, -0.2) is 63.2 Å². The van der Waals surface area contributed by atoms with Crippen LogP contribution in [-0.2, 0) is 26.2 Å². The van der Waals surface area contributed by atoms with Crippen molar-refractivity contribution in [3.63, 3.8) is 0 Å².